The molecule has 4 aromatic rings. The van der Waals surface area contributed by atoms with E-state index < -0.39 is 0 Å². The molecular formula is C20H17N7O2. The van der Waals surface area contributed by atoms with Crippen LogP contribution < -0.4 is 15.4 Å². The monoisotopic (exact) mass is 387 g/mol. The Labute approximate surface area is 166 Å². The first-order valence-electron chi connectivity index (χ1n) is 8.71. The van der Waals surface area contributed by atoms with E-state index in [0.717, 1.165) is 5.69 Å². The molecule has 9 nitrogen and oxygen atoms in total. The third-order valence-corrected chi connectivity index (χ3v) is 4.05. The fourth-order valence-corrected chi connectivity index (χ4v) is 2.66. The Morgan fingerprint density at radius 3 is 2.62 bits per heavy atom. The summed E-state index contributed by atoms with van der Waals surface area (Å²) in [6.07, 6.45) is 8.21. The maximum atomic E-state index is 12.4. The molecular weight excluding hydrogens is 370 g/mol. The molecule has 0 saturated heterocycles. The molecule has 0 fully saturated rings. The summed E-state index contributed by atoms with van der Waals surface area (Å²) in [4.78, 5) is 28.9. The number of methoxy groups -OCH3 is 1. The van der Waals surface area contributed by atoms with E-state index in [1.165, 1.54) is 13.4 Å². The lowest BCUT2D eigenvalue weighted by molar-refractivity contribution is 0.102. The predicted molar refractivity (Wildman–Crippen MR) is 108 cm³/mol. The molecule has 1 aromatic carbocycles. The van der Waals surface area contributed by atoms with Crippen LogP contribution in [0.1, 0.15) is 10.4 Å². The van der Waals surface area contributed by atoms with Crippen molar-refractivity contribution in [3.8, 4) is 11.7 Å². The zero-order valence-electron chi connectivity index (χ0n) is 15.5. The molecule has 9 heteroatoms. The number of carbonyl (C=O) groups is 1. The van der Waals surface area contributed by atoms with Gasteiger partial charge in [-0.1, -0.05) is 0 Å². The Kier molecular flexibility index (Phi) is 5.10. The highest BCUT2D eigenvalue weighted by Gasteiger charge is 2.13. The van der Waals surface area contributed by atoms with E-state index in [1.807, 2.05) is 18.2 Å². The van der Waals surface area contributed by atoms with Crippen LogP contribution in [-0.2, 0) is 0 Å². The van der Waals surface area contributed by atoms with Crippen LogP contribution in [0.2, 0.25) is 0 Å². The van der Waals surface area contributed by atoms with Gasteiger partial charge in [0, 0.05) is 36.0 Å². The van der Waals surface area contributed by atoms with E-state index >= 15 is 0 Å². The van der Waals surface area contributed by atoms with Crippen LogP contribution in [-0.4, -0.2) is 37.5 Å². The molecule has 1 amide bonds. The molecule has 0 aliphatic heterocycles. The molecule has 144 valence electrons. The molecule has 3 aromatic heterocycles. The van der Waals surface area contributed by atoms with Crippen molar-refractivity contribution in [2.24, 2.45) is 0 Å². The van der Waals surface area contributed by atoms with Gasteiger partial charge in [0.1, 0.15) is 29.9 Å². The van der Waals surface area contributed by atoms with Crippen molar-refractivity contribution in [3.63, 3.8) is 0 Å². The Morgan fingerprint density at radius 2 is 1.86 bits per heavy atom. The van der Waals surface area contributed by atoms with E-state index in [2.05, 4.69) is 30.6 Å². The molecule has 0 bridgehead atoms. The van der Waals surface area contributed by atoms with Crippen LogP contribution in [0.3, 0.4) is 0 Å². The molecule has 0 radical (unpaired) electrons. The highest BCUT2D eigenvalue weighted by atomic mass is 16.5. The lowest BCUT2D eigenvalue weighted by atomic mass is 10.2. The zero-order valence-corrected chi connectivity index (χ0v) is 15.5. The third kappa shape index (κ3) is 4.19. The molecule has 0 aliphatic carbocycles. The van der Waals surface area contributed by atoms with Gasteiger partial charge in [0.25, 0.3) is 5.91 Å². The Balaban J connectivity index is 1.45. The first-order chi connectivity index (χ1) is 14.2. The normalized spacial score (nSPS) is 10.4. The van der Waals surface area contributed by atoms with Crippen molar-refractivity contribution >= 4 is 23.1 Å². The molecule has 0 saturated carbocycles. The van der Waals surface area contributed by atoms with E-state index in [-0.39, 0.29) is 11.8 Å². The average Bonchev–Trinajstić information content (AvgIpc) is 3.30. The summed E-state index contributed by atoms with van der Waals surface area (Å²) in [6.45, 7) is 0. The van der Waals surface area contributed by atoms with Gasteiger partial charge in [0.2, 0.25) is 5.88 Å². The number of aromatic nitrogens is 5. The number of carbonyl (C=O) groups excluding carboxylic acids is 1. The Morgan fingerprint density at radius 1 is 1.03 bits per heavy atom. The highest BCUT2D eigenvalue weighted by molar-refractivity contribution is 6.05. The van der Waals surface area contributed by atoms with Crippen molar-refractivity contribution in [2.45, 2.75) is 0 Å². The number of ether oxygens (including phenoxy) is 1. The van der Waals surface area contributed by atoms with Crippen molar-refractivity contribution in [2.75, 3.05) is 17.7 Å². The van der Waals surface area contributed by atoms with Crippen molar-refractivity contribution in [1.29, 1.82) is 0 Å². The SMILES string of the molecule is COc1ncccc1C(=O)Nc1ccc(Nc2cc(-n3ccnc3)ncn2)cc1. The zero-order chi connectivity index (χ0) is 20.1. The lowest BCUT2D eigenvalue weighted by Crippen LogP contribution is -2.13. The number of rotatable bonds is 6. The van der Waals surface area contributed by atoms with Crippen LogP contribution in [0.25, 0.3) is 5.82 Å². The third-order valence-electron chi connectivity index (χ3n) is 4.05. The Bertz CT molecular complexity index is 1110. The first-order valence-corrected chi connectivity index (χ1v) is 8.71. The molecule has 0 unspecified atom stereocenters. The summed E-state index contributed by atoms with van der Waals surface area (Å²) in [5.74, 6) is 1.33. The molecule has 2 N–H and O–H groups in total. The quantitative estimate of drug-likeness (QED) is 0.523. The molecule has 3 heterocycles. The summed E-state index contributed by atoms with van der Waals surface area (Å²) in [5, 5.41) is 6.04. The van der Waals surface area contributed by atoms with Gasteiger partial charge in [-0.15, -0.1) is 0 Å². The second-order valence-electron chi connectivity index (χ2n) is 5.95. The fourth-order valence-electron chi connectivity index (χ4n) is 2.66. The van der Waals surface area contributed by atoms with Gasteiger partial charge >= 0.3 is 0 Å². The minimum Gasteiger partial charge on any atom is -0.480 e. The van der Waals surface area contributed by atoms with Crippen molar-refractivity contribution in [1.82, 2.24) is 24.5 Å². The maximum absolute atomic E-state index is 12.4. The molecule has 29 heavy (non-hydrogen) atoms. The van der Waals surface area contributed by atoms with Gasteiger partial charge in [-0.2, -0.15) is 0 Å². The molecule has 0 spiro atoms. The summed E-state index contributed by atoms with van der Waals surface area (Å²) in [6, 6.07) is 12.4. The van der Waals surface area contributed by atoms with Crippen LogP contribution >= 0.6 is 0 Å². The minimum atomic E-state index is -0.295. The topological polar surface area (TPSA) is 107 Å². The number of nitrogens with one attached hydrogen (secondary N) is 2. The average molecular weight is 387 g/mol. The number of hydrogen-bond acceptors (Lipinski definition) is 7. The number of benzene rings is 1. The molecule has 4 rings (SSSR count). The number of imidazole rings is 1. The van der Waals surface area contributed by atoms with Gasteiger partial charge in [-0.25, -0.2) is 19.9 Å². The second kappa shape index (κ2) is 8.17. The van der Waals surface area contributed by atoms with E-state index in [9.17, 15) is 4.79 Å². The summed E-state index contributed by atoms with van der Waals surface area (Å²) < 4.78 is 6.92. The largest absolute Gasteiger partial charge is 0.480 e. The van der Waals surface area contributed by atoms with Gasteiger partial charge in [-0.3, -0.25) is 9.36 Å². The van der Waals surface area contributed by atoms with E-state index in [1.54, 1.807) is 53.8 Å². The van der Waals surface area contributed by atoms with Crippen LogP contribution in [0, 0.1) is 0 Å². The lowest BCUT2D eigenvalue weighted by Gasteiger charge is -2.10. The number of amides is 1. The number of nitrogens with zero attached hydrogens (tertiary/aromatic N) is 5. The van der Waals surface area contributed by atoms with Gasteiger partial charge in [0.05, 0.1) is 7.11 Å². The van der Waals surface area contributed by atoms with Crippen LogP contribution in [0.15, 0.2) is 73.7 Å². The number of pyridine rings is 1. The van der Waals surface area contributed by atoms with E-state index in [4.69, 9.17) is 4.74 Å². The summed E-state index contributed by atoms with van der Waals surface area (Å²) in [7, 11) is 1.48. The highest BCUT2D eigenvalue weighted by Crippen LogP contribution is 2.20. The maximum Gasteiger partial charge on any atom is 0.261 e. The summed E-state index contributed by atoms with van der Waals surface area (Å²) >= 11 is 0. The predicted octanol–water partition coefficient (Wildman–Crippen LogP) is 3.06. The van der Waals surface area contributed by atoms with Gasteiger partial charge in [-0.05, 0) is 36.4 Å². The number of hydrogen-bond donors (Lipinski definition) is 2. The van der Waals surface area contributed by atoms with Crippen LogP contribution in [0.4, 0.5) is 17.2 Å². The van der Waals surface area contributed by atoms with Gasteiger partial charge in [0.15, 0.2) is 0 Å². The van der Waals surface area contributed by atoms with Crippen molar-refractivity contribution in [3.05, 3.63) is 79.3 Å². The first kappa shape index (κ1) is 18.1. The minimum absolute atomic E-state index is 0.278. The summed E-state index contributed by atoms with van der Waals surface area (Å²) in [5.41, 5.74) is 1.83. The standard InChI is InChI=1S/C20H17N7O2/c1-29-20-16(3-2-8-22-20)19(28)26-15-6-4-14(5-7-15)25-17-11-18(24-12-23-17)27-10-9-21-13-27/h2-13H,1H3,(H,26,28)(H,23,24,25). The van der Waals surface area contributed by atoms with Crippen molar-refractivity contribution < 1.29 is 9.53 Å². The van der Waals surface area contributed by atoms with Gasteiger partial charge < -0.3 is 15.4 Å². The fraction of sp³-hybridized carbons (Fsp3) is 0.0500. The second-order valence-corrected chi connectivity index (χ2v) is 5.95. The smallest absolute Gasteiger partial charge is 0.261 e. The Hall–Kier alpha value is -4.27. The van der Waals surface area contributed by atoms with Crippen LogP contribution in [0.5, 0.6) is 5.88 Å². The van der Waals surface area contributed by atoms with E-state index in [0.29, 0.717) is 22.9 Å². The molecule has 0 aliphatic rings. The number of anilines is 3. The molecule has 0 atom stereocenters.